The Hall–Kier alpha value is -1.22. The zero-order valence-corrected chi connectivity index (χ0v) is 11.7. The summed E-state index contributed by atoms with van der Waals surface area (Å²) in [6.07, 6.45) is -11.1. The Bertz CT molecular complexity index is 361. The van der Waals surface area contributed by atoms with Crippen LogP contribution >= 0.6 is 0 Å². The van der Waals surface area contributed by atoms with Crippen molar-refractivity contribution in [1.82, 2.24) is 0 Å². The summed E-state index contributed by atoms with van der Waals surface area (Å²) in [5, 5.41) is 0. The predicted octanol–water partition coefficient (Wildman–Crippen LogP) is 2.09. The summed E-state index contributed by atoms with van der Waals surface area (Å²) in [6.45, 7) is 2.17. The van der Waals surface area contributed by atoms with Crippen molar-refractivity contribution in [3.8, 4) is 0 Å². The Balaban J connectivity index is -0.000000295. The molecule has 0 aromatic rings. The second kappa shape index (κ2) is 9.67. The van der Waals surface area contributed by atoms with Crippen LogP contribution in [0.25, 0.3) is 0 Å². The van der Waals surface area contributed by atoms with E-state index in [1.54, 1.807) is 0 Å². The number of hydrogen-bond acceptors (Lipinski definition) is 0. The topological polar surface area (TPSA) is 85.6 Å². The van der Waals surface area contributed by atoms with Crippen LogP contribution in [0.15, 0.2) is 0 Å². The third-order valence-electron chi connectivity index (χ3n) is 1.50. The summed E-state index contributed by atoms with van der Waals surface area (Å²) in [5.41, 5.74) is 0. The normalized spacial score (nSPS) is 10.7. The molecule has 0 aliphatic rings. The third kappa shape index (κ3) is 15.0. The van der Waals surface area contributed by atoms with Gasteiger partial charge in [-0.2, -0.15) is 26.3 Å². The van der Waals surface area contributed by atoms with E-state index in [0.29, 0.717) is 0 Å². The van der Waals surface area contributed by atoms with Crippen LogP contribution in [0.5, 0.6) is 0 Å². The molecule has 0 saturated heterocycles. The van der Waals surface area contributed by atoms with Crippen LogP contribution in [-0.2, 0) is 17.1 Å². The molecule has 0 aliphatic heterocycles. The van der Waals surface area contributed by atoms with Gasteiger partial charge in [0.15, 0.2) is 12.8 Å². The van der Waals surface area contributed by atoms with E-state index in [0.717, 1.165) is 13.8 Å². The second-order valence-corrected chi connectivity index (χ2v) is 3.71. The Kier molecular flexibility index (Phi) is 11.4. The summed E-state index contributed by atoms with van der Waals surface area (Å²) < 4.78 is 68.4. The molecular formula is C10H14CuF6O4+4. The maximum Gasteiger partial charge on any atom is 0.505 e. The maximum absolute atomic E-state index is 11.4. The molecule has 1 radical (unpaired) electrons. The monoisotopic (exact) mass is 375 g/mol. The standard InChI is InChI=1S/2C5H5F3O2.Cu/c2*1-3(9)2-4(10)5(6,7)8;/h2*2H2,1H3;/p+4. The molecule has 0 fully saturated rings. The molecule has 11 heteroatoms. The van der Waals surface area contributed by atoms with Crippen molar-refractivity contribution in [3.63, 3.8) is 0 Å². The van der Waals surface area contributed by atoms with E-state index in [-0.39, 0.29) is 17.1 Å². The molecule has 0 spiro atoms. The van der Waals surface area contributed by atoms with Gasteiger partial charge in [0.1, 0.15) is 0 Å². The minimum Gasteiger partial charge on any atom is -0.283 e. The van der Waals surface area contributed by atoms with Crippen LogP contribution in [-0.4, -0.2) is 54.7 Å². The van der Waals surface area contributed by atoms with Crippen molar-refractivity contribution < 1.29 is 62.6 Å². The van der Waals surface area contributed by atoms with E-state index >= 15 is 0 Å². The second-order valence-electron chi connectivity index (χ2n) is 3.71. The summed E-state index contributed by atoms with van der Waals surface area (Å²) in [7, 11) is 0. The number of hydrogen-bond donors (Lipinski definition) is 0. The first kappa shape index (κ1) is 24.8. The quantitative estimate of drug-likeness (QED) is 0.312. The van der Waals surface area contributed by atoms with Crippen LogP contribution in [0.4, 0.5) is 26.3 Å². The fourth-order valence-electron chi connectivity index (χ4n) is 0.685. The van der Waals surface area contributed by atoms with Crippen molar-refractivity contribution in [2.45, 2.75) is 39.0 Å². The van der Waals surface area contributed by atoms with Crippen molar-refractivity contribution in [3.05, 3.63) is 0 Å². The largest absolute Gasteiger partial charge is 0.505 e. The van der Waals surface area contributed by atoms with E-state index in [2.05, 4.69) is 0 Å². The molecule has 0 aliphatic carbocycles. The van der Waals surface area contributed by atoms with Gasteiger partial charge in [0.25, 0.3) is 0 Å². The molecular weight excluding hydrogens is 362 g/mol. The van der Waals surface area contributed by atoms with Gasteiger partial charge in [0, 0.05) is 30.9 Å². The molecule has 0 saturated carbocycles. The van der Waals surface area contributed by atoms with Gasteiger partial charge >= 0.3 is 35.5 Å². The van der Waals surface area contributed by atoms with E-state index in [1.165, 1.54) is 0 Å². The van der Waals surface area contributed by atoms with Crippen molar-refractivity contribution in [1.29, 1.82) is 0 Å². The van der Waals surface area contributed by atoms with E-state index in [4.69, 9.17) is 19.2 Å². The minimum absolute atomic E-state index is 0. The van der Waals surface area contributed by atoms with E-state index in [1.807, 2.05) is 0 Å². The molecule has 127 valence electrons. The average Bonchev–Trinajstić information content (AvgIpc) is 2.13. The fraction of sp³-hybridized carbons (Fsp3) is 0.600. The Morgan fingerprint density at radius 1 is 0.667 bits per heavy atom. The van der Waals surface area contributed by atoms with Crippen LogP contribution in [0, 0.1) is 0 Å². The van der Waals surface area contributed by atoms with Gasteiger partial charge in [-0.15, -0.1) is 0 Å². The molecule has 0 aromatic heterocycles. The minimum atomic E-state index is -4.72. The van der Waals surface area contributed by atoms with E-state index < -0.39 is 48.3 Å². The van der Waals surface area contributed by atoms with Gasteiger partial charge < -0.3 is 0 Å². The summed E-state index contributed by atoms with van der Waals surface area (Å²) >= 11 is 0. The predicted molar refractivity (Wildman–Crippen MR) is 60.5 cm³/mol. The van der Waals surface area contributed by atoms with Crippen molar-refractivity contribution in [2.75, 3.05) is 0 Å². The maximum atomic E-state index is 11.4. The molecule has 0 rings (SSSR count). The molecule has 0 unspecified atom stereocenters. The molecule has 21 heavy (non-hydrogen) atoms. The SMILES string of the molecule is CC(=[OH+])CC(=[OH+])C(F)(F)F.CC(=[OH+])CC(=[OH+])C(F)(F)F.[Cu]. The molecule has 4 nitrogen and oxygen atoms in total. The summed E-state index contributed by atoms with van der Waals surface area (Å²) in [5.74, 6) is -4.27. The van der Waals surface area contributed by atoms with Crippen LogP contribution < -0.4 is 0 Å². The molecule has 0 atom stereocenters. The fourth-order valence-corrected chi connectivity index (χ4v) is 0.685. The van der Waals surface area contributed by atoms with Gasteiger partial charge in [-0.05, 0) is 0 Å². The first-order valence-corrected chi connectivity index (χ1v) is 4.94. The van der Waals surface area contributed by atoms with Crippen LogP contribution in [0.1, 0.15) is 26.7 Å². The molecule has 4 N–H and O–H groups in total. The number of ketones is 4. The van der Waals surface area contributed by atoms with Crippen LogP contribution in [0.3, 0.4) is 0 Å². The number of halogens is 6. The zero-order valence-electron chi connectivity index (χ0n) is 10.8. The molecule has 0 bridgehead atoms. The summed E-state index contributed by atoms with van der Waals surface area (Å²) in [4.78, 5) is 33.0. The van der Waals surface area contributed by atoms with E-state index in [9.17, 15) is 26.3 Å². The van der Waals surface area contributed by atoms with Crippen molar-refractivity contribution >= 4 is 23.1 Å². The zero-order chi connectivity index (χ0) is 16.7. The van der Waals surface area contributed by atoms with Gasteiger partial charge in [0.05, 0.1) is 0 Å². The van der Waals surface area contributed by atoms with Gasteiger partial charge in [0.2, 0.25) is 0 Å². The number of rotatable bonds is 4. The van der Waals surface area contributed by atoms with Gasteiger partial charge in [-0.3, -0.25) is 19.2 Å². The average molecular weight is 376 g/mol. The summed E-state index contributed by atoms with van der Waals surface area (Å²) in [6, 6.07) is 0. The van der Waals surface area contributed by atoms with Crippen LogP contribution in [0.2, 0.25) is 0 Å². The first-order chi connectivity index (χ1) is 8.67. The molecule has 0 aromatic carbocycles. The van der Waals surface area contributed by atoms with Gasteiger partial charge in [-0.25, -0.2) is 0 Å². The number of carbonyl (C=O) groups excluding carboxylic acids is 4. The third-order valence-corrected chi connectivity index (χ3v) is 1.50. The molecule has 0 amide bonds. The smallest absolute Gasteiger partial charge is 0.283 e. The molecule has 0 heterocycles. The number of alkyl halides is 6. The Morgan fingerprint density at radius 3 is 0.905 bits per heavy atom. The van der Waals surface area contributed by atoms with Gasteiger partial charge in [-0.1, -0.05) is 0 Å². The Morgan fingerprint density at radius 2 is 0.857 bits per heavy atom. The van der Waals surface area contributed by atoms with Crippen molar-refractivity contribution in [2.24, 2.45) is 0 Å². The first-order valence-electron chi connectivity index (χ1n) is 4.94. The Labute approximate surface area is 125 Å².